The second-order valence-electron chi connectivity index (χ2n) is 5.63. The molecule has 0 saturated heterocycles. The number of aryl methyl sites for hydroxylation is 1. The maximum Gasteiger partial charge on any atom is 0.340 e. The van der Waals surface area contributed by atoms with Crippen LogP contribution in [0.5, 0.6) is 0 Å². The SMILES string of the molecule is COC(=O)c1cc(NCC(C)(C)S(C)(=O)=O)cc(C)c1N. The van der Waals surface area contributed by atoms with Crippen LogP contribution in [0.3, 0.4) is 0 Å². The maximum absolute atomic E-state index is 11.7. The minimum absolute atomic E-state index is 0.218. The number of carbonyl (C=O) groups excluding carboxylic acids is 1. The first kappa shape index (κ1) is 17.3. The van der Waals surface area contributed by atoms with Crippen molar-refractivity contribution < 1.29 is 17.9 Å². The van der Waals surface area contributed by atoms with E-state index in [0.717, 1.165) is 5.56 Å². The molecule has 118 valence electrons. The van der Waals surface area contributed by atoms with Crippen LogP contribution in [0.25, 0.3) is 0 Å². The van der Waals surface area contributed by atoms with Gasteiger partial charge in [0.05, 0.1) is 17.4 Å². The monoisotopic (exact) mass is 314 g/mol. The van der Waals surface area contributed by atoms with Gasteiger partial charge in [-0.05, 0) is 38.5 Å². The van der Waals surface area contributed by atoms with Crippen molar-refractivity contribution in [2.45, 2.75) is 25.5 Å². The Morgan fingerprint density at radius 3 is 2.43 bits per heavy atom. The molecular formula is C14H22N2O4S. The number of anilines is 2. The Kier molecular flexibility index (Phi) is 4.88. The number of nitrogen functional groups attached to an aromatic ring is 1. The van der Waals surface area contributed by atoms with Gasteiger partial charge in [-0.3, -0.25) is 0 Å². The topological polar surface area (TPSA) is 98.5 Å². The highest BCUT2D eigenvalue weighted by atomic mass is 32.2. The number of esters is 1. The predicted octanol–water partition coefficient (Wildman–Crippen LogP) is 1.60. The van der Waals surface area contributed by atoms with Gasteiger partial charge in [0.25, 0.3) is 0 Å². The molecule has 0 aliphatic carbocycles. The number of carbonyl (C=O) groups is 1. The van der Waals surface area contributed by atoms with Crippen molar-refractivity contribution in [3.8, 4) is 0 Å². The van der Waals surface area contributed by atoms with Gasteiger partial charge in [0.1, 0.15) is 0 Å². The summed E-state index contributed by atoms with van der Waals surface area (Å²) >= 11 is 0. The van der Waals surface area contributed by atoms with Gasteiger partial charge in [-0.15, -0.1) is 0 Å². The number of hydrogen-bond donors (Lipinski definition) is 2. The van der Waals surface area contributed by atoms with E-state index in [2.05, 4.69) is 10.1 Å². The van der Waals surface area contributed by atoms with E-state index in [0.29, 0.717) is 11.4 Å². The van der Waals surface area contributed by atoms with E-state index in [4.69, 9.17) is 5.73 Å². The number of hydrogen-bond acceptors (Lipinski definition) is 6. The van der Waals surface area contributed by atoms with Crippen LogP contribution < -0.4 is 11.1 Å². The van der Waals surface area contributed by atoms with Gasteiger partial charge in [-0.2, -0.15) is 0 Å². The number of methoxy groups -OCH3 is 1. The average molecular weight is 314 g/mol. The molecule has 1 aromatic rings. The van der Waals surface area contributed by atoms with Gasteiger partial charge in [0.15, 0.2) is 9.84 Å². The summed E-state index contributed by atoms with van der Waals surface area (Å²) in [5, 5.41) is 3.04. The lowest BCUT2D eigenvalue weighted by Crippen LogP contribution is -2.38. The highest BCUT2D eigenvalue weighted by molar-refractivity contribution is 7.92. The lowest BCUT2D eigenvalue weighted by molar-refractivity contribution is 0.0602. The summed E-state index contributed by atoms with van der Waals surface area (Å²) in [6.07, 6.45) is 1.20. The van der Waals surface area contributed by atoms with Crippen molar-refractivity contribution in [1.82, 2.24) is 0 Å². The third-order valence-corrected chi connectivity index (χ3v) is 5.67. The van der Waals surface area contributed by atoms with Gasteiger partial charge < -0.3 is 15.8 Å². The van der Waals surface area contributed by atoms with Crippen LogP contribution in [0.4, 0.5) is 11.4 Å². The number of ether oxygens (including phenoxy) is 1. The minimum atomic E-state index is -3.20. The summed E-state index contributed by atoms with van der Waals surface area (Å²) in [4.78, 5) is 11.7. The molecular weight excluding hydrogens is 292 g/mol. The van der Waals surface area contributed by atoms with Gasteiger partial charge >= 0.3 is 5.97 Å². The van der Waals surface area contributed by atoms with Crippen molar-refractivity contribution in [3.63, 3.8) is 0 Å². The molecule has 0 radical (unpaired) electrons. The molecule has 1 aromatic carbocycles. The lowest BCUT2D eigenvalue weighted by atomic mass is 10.1. The molecule has 0 atom stereocenters. The number of nitrogens with two attached hydrogens (primary N) is 1. The van der Waals surface area contributed by atoms with E-state index in [1.807, 2.05) is 0 Å². The van der Waals surface area contributed by atoms with E-state index in [-0.39, 0.29) is 12.1 Å². The van der Waals surface area contributed by atoms with Crippen molar-refractivity contribution in [2.75, 3.05) is 31.0 Å². The molecule has 3 N–H and O–H groups in total. The zero-order chi connectivity index (χ0) is 16.4. The van der Waals surface area contributed by atoms with Crippen LogP contribution in [-0.4, -0.2) is 39.0 Å². The van der Waals surface area contributed by atoms with Crippen molar-refractivity contribution >= 4 is 27.2 Å². The molecule has 0 saturated carbocycles. The predicted molar refractivity (Wildman–Crippen MR) is 84.3 cm³/mol. The average Bonchev–Trinajstić information content (AvgIpc) is 2.37. The molecule has 0 bridgehead atoms. The van der Waals surface area contributed by atoms with Gasteiger partial charge in [-0.25, -0.2) is 13.2 Å². The number of nitrogens with one attached hydrogen (secondary N) is 1. The van der Waals surface area contributed by atoms with Crippen molar-refractivity contribution in [2.24, 2.45) is 0 Å². The molecule has 7 heteroatoms. The standard InChI is InChI=1S/C14H22N2O4S/c1-9-6-10(7-11(12(9)15)13(17)20-4)16-8-14(2,3)21(5,18)19/h6-7,16H,8,15H2,1-5H3. The van der Waals surface area contributed by atoms with E-state index < -0.39 is 20.6 Å². The van der Waals surface area contributed by atoms with E-state index in [1.165, 1.54) is 13.4 Å². The summed E-state index contributed by atoms with van der Waals surface area (Å²) in [6.45, 7) is 5.27. The summed E-state index contributed by atoms with van der Waals surface area (Å²) < 4.78 is 27.1. The van der Waals surface area contributed by atoms with Crippen LogP contribution in [-0.2, 0) is 14.6 Å². The van der Waals surface area contributed by atoms with Crippen LogP contribution in [0, 0.1) is 6.92 Å². The quantitative estimate of drug-likeness (QED) is 0.633. The summed E-state index contributed by atoms with van der Waals surface area (Å²) in [7, 11) is -1.92. The van der Waals surface area contributed by atoms with Crippen LogP contribution >= 0.6 is 0 Å². The molecule has 0 aliphatic heterocycles. The fraction of sp³-hybridized carbons (Fsp3) is 0.500. The first-order valence-corrected chi connectivity index (χ1v) is 8.30. The number of benzene rings is 1. The van der Waals surface area contributed by atoms with Gasteiger partial charge in [0, 0.05) is 24.2 Å². The highest BCUT2D eigenvalue weighted by Crippen LogP contribution is 2.25. The van der Waals surface area contributed by atoms with Gasteiger partial charge in [-0.1, -0.05) is 0 Å². The zero-order valence-corrected chi connectivity index (χ0v) is 13.8. The Balaban J connectivity index is 3.06. The fourth-order valence-corrected chi connectivity index (χ4v) is 1.96. The largest absolute Gasteiger partial charge is 0.465 e. The van der Waals surface area contributed by atoms with Crippen molar-refractivity contribution in [3.05, 3.63) is 23.3 Å². The summed E-state index contributed by atoms with van der Waals surface area (Å²) in [5.74, 6) is -0.526. The molecule has 0 fully saturated rings. The third kappa shape index (κ3) is 3.87. The summed E-state index contributed by atoms with van der Waals surface area (Å²) in [5.41, 5.74) is 7.82. The van der Waals surface area contributed by atoms with Crippen molar-refractivity contribution in [1.29, 1.82) is 0 Å². The Bertz CT molecular complexity index is 651. The van der Waals surface area contributed by atoms with Gasteiger partial charge in [0.2, 0.25) is 0 Å². The Hall–Kier alpha value is -1.76. The minimum Gasteiger partial charge on any atom is -0.465 e. The smallest absolute Gasteiger partial charge is 0.340 e. The van der Waals surface area contributed by atoms with Crippen LogP contribution in [0.1, 0.15) is 29.8 Å². The molecule has 0 aliphatic rings. The van der Waals surface area contributed by atoms with Crippen LogP contribution in [0.15, 0.2) is 12.1 Å². The molecule has 0 aromatic heterocycles. The second-order valence-corrected chi connectivity index (χ2v) is 8.28. The second kappa shape index (κ2) is 5.93. The zero-order valence-electron chi connectivity index (χ0n) is 13.0. The Labute approximate surface area is 125 Å². The first-order chi connectivity index (χ1) is 9.49. The number of sulfone groups is 1. The summed E-state index contributed by atoms with van der Waals surface area (Å²) in [6, 6.07) is 3.33. The third-order valence-electron chi connectivity index (χ3n) is 3.51. The molecule has 0 spiro atoms. The lowest BCUT2D eigenvalue weighted by Gasteiger charge is -2.24. The highest BCUT2D eigenvalue weighted by Gasteiger charge is 2.30. The fourth-order valence-electron chi connectivity index (χ4n) is 1.63. The van der Waals surface area contributed by atoms with E-state index >= 15 is 0 Å². The molecule has 0 unspecified atom stereocenters. The molecule has 6 nitrogen and oxygen atoms in total. The van der Waals surface area contributed by atoms with Crippen LogP contribution in [0.2, 0.25) is 0 Å². The van der Waals surface area contributed by atoms with E-state index in [9.17, 15) is 13.2 Å². The molecule has 0 amide bonds. The normalized spacial score (nSPS) is 12.0. The maximum atomic E-state index is 11.7. The first-order valence-electron chi connectivity index (χ1n) is 6.41. The Morgan fingerprint density at radius 2 is 1.95 bits per heavy atom. The molecule has 21 heavy (non-hydrogen) atoms. The number of rotatable bonds is 5. The Morgan fingerprint density at radius 1 is 1.38 bits per heavy atom. The van der Waals surface area contributed by atoms with E-state index in [1.54, 1.807) is 32.9 Å². The molecule has 0 heterocycles. The molecule has 1 rings (SSSR count).